The first-order chi connectivity index (χ1) is 9.19. The molecule has 1 rings (SSSR count). The lowest BCUT2D eigenvalue weighted by Crippen LogP contribution is -2.32. The molecule has 1 aromatic rings. The molecule has 0 unspecified atom stereocenters. The molecule has 0 bridgehead atoms. The van der Waals surface area contributed by atoms with Gasteiger partial charge in [0.25, 0.3) is 0 Å². The van der Waals surface area contributed by atoms with Crippen LogP contribution in [0.1, 0.15) is 32.0 Å². The quantitative estimate of drug-likeness (QED) is 0.785. The maximum Gasteiger partial charge on any atom is 0.407 e. The molecule has 6 heteroatoms. The molecule has 110 valence electrons. The Labute approximate surface area is 119 Å². The molecule has 0 fully saturated rings. The summed E-state index contributed by atoms with van der Waals surface area (Å²) in [5, 5.41) is 2.63. The third-order valence-electron chi connectivity index (χ3n) is 2.37. The lowest BCUT2D eigenvalue weighted by molar-refractivity contribution is 0.0534. The summed E-state index contributed by atoms with van der Waals surface area (Å²) in [6.45, 7) is 7.65. The van der Waals surface area contributed by atoms with Gasteiger partial charge < -0.3 is 21.5 Å². The number of pyridine rings is 1. The molecule has 6 nitrogen and oxygen atoms in total. The normalized spacial score (nSPS) is 11.6. The van der Waals surface area contributed by atoms with Crippen LogP contribution in [0.2, 0.25) is 0 Å². The highest BCUT2D eigenvalue weighted by molar-refractivity contribution is 5.69. The van der Waals surface area contributed by atoms with Crippen molar-refractivity contribution in [3.63, 3.8) is 0 Å². The third kappa shape index (κ3) is 5.17. The van der Waals surface area contributed by atoms with Crippen LogP contribution >= 0.6 is 0 Å². The monoisotopic (exact) mass is 278 g/mol. The minimum absolute atomic E-state index is 0.325. The van der Waals surface area contributed by atoms with Gasteiger partial charge in [-0.3, -0.25) is 0 Å². The van der Waals surface area contributed by atoms with Gasteiger partial charge in [-0.25, -0.2) is 9.78 Å². The Bertz CT molecular complexity index is 519. The fourth-order valence-electron chi connectivity index (χ4n) is 1.47. The molecule has 0 radical (unpaired) electrons. The van der Waals surface area contributed by atoms with Crippen LogP contribution < -0.4 is 16.8 Å². The van der Waals surface area contributed by atoms with Crippen molar-refractivity contribution in [3.05, 3.63) is 23.4 Å². The van der Waals surface area contributed by atoms with Crippen molar-refractivity contribution in [1.82, 2.24) is 10.3 Å². The topological polar surface area (TPSA) is 103 Å². The van der Waals surface area contributed by atoms with E-state index in [4.69, 9.17) is 16.2 Å². The maximum atomic E-state index is 11.4. The second-order valence-corrected chi connectivity index (χ2v) is 5.42. The van der Waals surface area contributed by atoms with Crippen molar-refractivity contribution >= 4 is 23.7 Å². The van der Waals surface area contributed by atoms with E-state index < -0.39 is 11.7 Å². The fraction of sp³-hybridized carbons (Fsp3) is 0.429. The predicted octanol–water partition coefficient (Wildman–Crippen LogP) is 2.09. The second kappa shape index (κ2) is 6.27. The summed E-state index contributed by atoms with van der Waals surface area (Å²) in [7, 11) is 0. The molecular formula is C14H22N4O2. The van der Waals surface area contributed by atoms with E-state index >= 15 is 0 Å². The zero-order valence-electron chi connectivity index (χ0n) is 12.4. The Morgan fingerprint density at radius 3 is 2.70 bits per heavy atom. The SMILES string of the molecule is Cc1nc(N)c(N)cc1C=CCNC(=O)OC(C)(C)C. The maximum absolute atomic E-state index is 11.4. The van der Waals surface area contributed by atoms with Crippen LogP contribution in [0, 0.1) is 6.92 Å². The largest absolute Gasteiger partial charge is 0.444 e. The Kier molecular flexibility index (Phi) is 4.96. The number of alkyl carbamates (subject to hydrolysis) is 1. The van der Waals surface area contributed by atoms with E-state index in [1.54, 1.807) is 12.1 Å². The van der Waals surface area contributed by atoms with Gasteiger partial charge in [0.15, 0.2) is 0 Å². The number of ether oxygens (including phenoxy) is 1. The molecule has 0 saturated heterocycles. The van der Waals surface area contributed by atoms with Crippen molar-refractivity contribution in [2.75, 3.05) is 18.0 Å². The van der Waals surface area contributed by atoms with Crippen LogP contribution in [-0.4, -0.2) is 23.2 Å². The van der Waals surface area contributed by atoms with Gasteiger partial charge in [-0.15, -0.1) is 0 Å². The number of nitrogens with one attached hydrogen (secondary N) is 1. The van der Waals surface area contributed by atoms with Gasteiger partial charge in [-0.05, 0) is 39.3 Å². The number of carbonyl (C=O) groups is 1. The van der Waals surface area contributed by atoms with E-state index in [2.05, 4.69) is 10.3 Å². The first-order valence-corrected chi connectivity index (χ1v) is 6.35. The highest BCUT2D eigenvalue weighted by Crippen LogP contribution is 2.17. The summed E-state index contributed by atoms with van der Waals surface area (Å²) in [5.41, 5.74) is 12.9. The van der Waals surface area contributed by atoms with Crippen LogP contribution in [0.3, 0.4) is 0 Å². The first-order valence-electron chi connectivity index (χ1n) is 6.35. The Morgan fingerprint density at radius 2 is 2.10 bits per heavy atom. The molecule has 0 aromatic carbocycles. The molecular weight excluding hydrogens is 256 g/mol. The molecule has 20 heavy (non-hydrogen) atoms. The lowest BCUT2D eigenvalue weighted by Gasteiger charge is -2.19. The van der Waals surface area contributed by atoms with E-state index in [9.17, 15) is 4.79 Å². The molecule has 1 aromatic heterocycles. The smallest absolute Gasteiger partial charge is 0.407 e. The zero-order chi connectivity index (χ0) is 15.3. The predicted molar refractivity (Wildman–Crippen MR) is 81.1 cm³/mol. The number of carbonyl (C=O) groups excluding carboxylic acids is 1. The minimum Gasteiger partial charge on any atom is -0.444 e. The van der Waals surface area contributed by atoms with Crippen molar-refractivity contribution in [2.24, 2.45) is 0 Å². The Hall–Kier alpha value is -2.24. The van der Waals surface area contributed by atoms with Crippen molar-refractivity contribution < 1.29 is 9.53 Å². The van der Waals surface area contributed by atoms with E-state index in [0.717, 1.165) is 11.3 Å². The number of nitrogens with zero attached hydrogens (tertiary/aromatic N) is 1. The molecule has 0 saturated carbocycles. The highest BCUT2D eigenvalue weighted by atomic mass is 16.6. The molecule has 0 spiro atoms. The Morgan fingerprint density at radius 1 is 1.45 bits per heavy atom. The van der Waals surface area contributed by atoms with E-state index in [1.165, 1.54) is 0 Å². The minimum atomic E-state index is -0.500. The summed E-state index contributed by atoms with van der Waals surface area (Å²) in [6.07, 6.45) is 3.17. The summed E-state index contributed by atoms with van der Waals surface area (Å²) in [4.78, 5) is 15.5. The van der Waals surface area contributed by atoms with Crippen LogP contribution in [-0.2, 0) is 4.74 Å². The first kappa shape index (κ1) is 15.8. The molecule has 0 atom stereocenters. The summed E-state index contributed by atoms with van der Waals surface area (Å²) in [6, 6.07) is 1.75. The van der Waals surface area contributed by atoms with Crippen molar-refractivity contribution in [3.8, 4) is 0 Å². The zero-order valence-corrected chi connectivity index (χ0v) is 12.4. The van der Waals surface area contributed by atoms with E-state index in [1.807, 2.05) is 33.8 Å². The number of amides is 1. The number of hydrogen-bond donors (Lipinski definition) is 3. The van der Waals surface area contributed by atoms with E-state index in [-0.39, 0.29) is 0 Å². The average Bonchev–Trinajstić information content (AvgIpc) is 2.28. The molecule has 0 aliphatic rings. The van der Waals surface area contributed by atoms with Gasteiger partial charge in [-0.2, -0.15) is 0 Å². The van der Waals surface area contributed by atoms with Gasteiger partial charge in [-0.1, -0.05) is 12.2 Å². The van der Waals surface area contributed by atoms with Crippen LogP contribution in [0.4, 0.5) is 16.3 Å². The number of nitrogens with two attached hydrogens (primary N) is 2. The molecule has 5 N–H and O–H groups in total. The van der Waals surface area contributed by atoms with Gasteiger partial charge in [0.05, 0.1) is 5.69 Å². The average molecular weight is 278 g/mol. The summed E-state index contributed by atoms with van der Waals surface area (Å²) < 4.78 is 5.12. The van der Waals surface area contributed by atoms with Gasteiger partial charge in [0, 0.05) is 12.2 Å². The second-order valence-electron chi connectivity index (χ2n) is 5.42. The summed E-state index contributed by atoms with van der Waals surface area (Å²) in [5.74, 6) is 0.325. The van der Waals surface area contributed by atoms with Crippen molar-refractivity contribution in [2.45, 2.75) is 33.3 Å². The molecule has 1 amide bonds. The van der Waals surface area contributed by atoms with Crippen LogP contribution in [0.5, 0.6) is 0 Å². The summed E-state index contributed by atoms with van der Waals surface area (Å²) >= 11 is 0. The Balaban J connectivity index is 2.54. The lowest BCUT2D eigenvalue weighted by atomic mass is 10.1. The third-order valence-corrected chi connectivity index (χ3v) is 2.37. The van der Waals surface area contributed by atoms with Gasteiger partial charge in [0.2, 0.25) is 0 Å². The fourth-order valence-corrected chi connectivity index (χ4v) is 1.47. The van der Waals surface area contributed by atoms with E-state index in [0.29, 0.717) is 18.1 Å². The highest BCUT2D eigenvalue weighted by Gasteiger charge is 2.14. The van der Waals surface area contributed by atoms with Crippen LogP contribution in [0.25, 0.3) is 6.08 Å². The number of aryl methyl sites for hydroxylation is 1. The molecule has 0 aliphatic carbocycles. The van der Waals surface area contributed by atoms with Gasteiger partial charge in [0.1, 0.15) is 11.4 Å². The molecule has 0 aliphatic heterocycles. The van der Waals surface area contributed by atoms with Crippen LogP contribution in [0.15, 0.2) is 12.1 Å². The standard InChI is InChI=1S/C14H22N4O2/c1-9-10(8-11(15)12(16)18-9)6-5-7-17-13(19)20-14(2,3)4/h5-6,8H,7,15H2,1-4H3,(H2,16,18)(H,17,19). The molecule has 1 heterocycles. The number of nitrogen functional groups attached to an aromatic ring is 2. The number of hydrogen-bond acceptors (Lipinski definition) is 5. The number of aromatic nitrogens is 1. The van der Waals surface area contributed by atoms with Crippen molar-refractivity contribution in [1.29, 1.82) is 0 Å². The number of rotatable bonds is 3. The number of anilines is 2. The van der Waals surface area contributed by atoms with Gasteiger partial charge >= 0.3 is 6.09 Å².